The van der Waals surface area contributed by atoms with Gasteiger partial charge in [0.15, 0.2) is 0 Å². The molecule has 2 aromatic carbocycles. The van der Waals surface area contributed by atoms with Gasteiger partial charge in [0.05, 0.1) is 11.5 Å². The van der Waals surface area contributed by atoms with E-state index in [-0.39, 0.29) is 29.1 Å². The minimum atomic E-state index is -0.441. The number of anilines is 1. The fourth-order valence-electron chi connectivity index (χ4n) is 2.78. The molecule has 0 saturated carbocycles. The zero-order valence-electron chi connectivity index (χ0n) is 16.1. The Balaban J connectivity index is 1.55. The Kier molecular flexibility index (Phi) is 7.48. The molecule has 1 aromatic heterocycles. The third-order valence-corrected chi connectivity index (χ3v) is 5.40. The quantitative estimate of drug-likeness (QED) is 0.552. The second kappa shape index (κ2) is 10.3. The van der Waals surface area contributed by atoms with Gasteiger partial charge in [0, 0.05) is 30.2 Å². The van der Waals surface area contributed by atoms with Gasteiger partial charge < -0.3 is 15.2 Å². The SMILES string of the molecule is Cn1ccnc1[C@H](NC(=O)CSCC(=O)Nc1ccc(F)cc1)c1ccc(Cl)cc1. The standard InChI is InChI=1S/C21H20ClFN4O2S/c1-27-11-10-24-21(27)20(14-2-4-15(22)5-3-14)26-19(29)13-30-12-18(28)25-17-8-6-16(23)7-9-17/h2-11,20H,12-13H2,1H3,(H,25,28)(H,26,29)/t20-/m1/s1. The Bertz CT molecular complexity index is 1010. The van der Waals surface area contributed by atoms with Crippen molar-refractivity contribution in [2.45, 2.75) is 6.04 Å². The van der Waals surface area contributed by atoms with Crippen molar-refractivity contribution < 1.29 is 14.0 Å². The van der Waals surface area contributed by atoms with Gasteiger partial charge in [-0.15, -0.1) is 11.8 Å². The number of aromatic nitrogens is 2. The molecular weight excluding hydrogens is 427 g/mol. The number of carbonyl (C=O) groups excluding carboxylic acids is 2. The number of imidazole rings is 1. The highest BCUT2D eigenvalue weighted by Crippen LogP contribution is 2.22. The molecule has 1 heterocycles. The number of hydrogen-bond acceptors (Lipinski definition) is 4. The molecule has 0 spiro atoms. The first kappa shape index (κ1) is 21.9. The third kappa shape index (κ3) is 6.08. The molecule has 0 bridgehead atoms. The lowest BCUT2D eigenvalue weighted by Gasteiger charge is -2.19. The summed E-state index contributed by atoms with van der Waals surface area (Å²) in [6.07, 6.45) is 3.47. The van der Waals surface area contributed by atoms with Crippen molar-refractivity contribution >= 4 is 40.9 Å². The second-order valence-corrected chi connectivity index (χ2v) is 7.92. The Morgan fingerprint density at radius 1 is 1.10 bits per heavy atom. The summed E-state index contributed by atoms with van der Waals surface area (Å²) in [6, 6.07) is 12.2. The molecule has 6 nitrogen and oxygen atoms in total. The number of hydrogen-bond donors (Lipinski definition) is 2. The maximum Gasteiger partial charge on any atom is 0.234 e. The molecule has 0 aliphatic rings. The van der Waals surface area contributed by atoms with Crippen molar-refractivity contribution in [3.63, 3.8) is 0 Å². The number of carbonyl (C=O) groups is 2. The van der Waals surface area contributed by atoms with E-state index in [4.69, 9.17) is 11.6 Å². The van der Waals surface area contributed by atoms with Crippen LogP contribution >= 0.6 is 23.4 Å². The molecule has 30 heavy (non-hydrogen) atoms. The van der Waals surface area contributed by atoms with E-state index in [1.165, 1.54) is 36.0 Å². The van der Waals surface area contributed by atoms with Crippen molar-refractivity contribution in [2.24, 2.45) is 7.05 Å². The predicted molar refractivity (Wildman–Crippen MR) is 117 cm³/mol. The molecule has 2 N–H and O–H groups in total. The molecule has 3 rings (SSSR count). The molecule has 9 heteroatoms. The minimum absolute atomic E-state index is 0.0960. The molecule has 0 fully saturated rings. The van der Waals surface area contributed by atoms with E-state index in [1.807, 2.05) is 23.7 Å². The van der Waals surface area contributed by atoms with Crippen LogP contribution in [0.1, 0.15) is 17.4 Å². The second-order valence-electron chi connectivity index (χ2n) is 6.50. The summed E-state index contributed by atoms with van der Waals surface area (Å²) in [6.45, 7) is 0. The van der Waals surface area contributed by atoms with E-state index in [9.17, 15) is 14.0 Å². The summed E-state index contributed by atoms with van der Waals surface area (Å²) in [5, 5.41) is 6.23. The molecule has 3 aromatic rings. The highest BCUT2D eigenvalue weighted by atomic mass is 35.5. The summed E-state index contributed by atoms with van der Waals surface area (Å²) in [4.78, 5) is 28.9. The van der Waals surface area contributed by atoms with Crippen LogP contribution in [0.2, 0.25) is 5.02 Å². The molecule has 2 amide bonds. The number of aryl methyl sites for hydroxylation is 1. The van der Waals surface area contributed by atoms with E-state index < -0.39 is 6.04 Å². The Labute approximate surface area is 182 Å². The summed E-state index contributed by atoms with van der Waals surface area (Å²) >= 11 is 7.16. The number of rotatable bonds is 8. The van der Waals surface area contributed by atoms with Gasteiger partial charge in [-0.2, -0.15) is 0 Å². The summed E-state index contributed by atoms with van der Waals surface area (Å²) in [5.41, 5.74) is 1.35. The highest BCUT2D eigenvalue weighted by Gasteiger charge is 2.21. The monoisotopic (exact) mass is 446 g/mol. The van der Waals surface area contributed by atoms with E-state index >= 15 is 0 Å². The Hall–Kier alpha value is -2.84. The van der Waals surface area contributed by atoms with Gasteiger partial charge >= 0.3 is 0 Å². The third-order valence-electron chi connectivity index (χ3n) is 4.22. The maximum atomic E-state index is 12.9. The van der Waals surface area contributed by atoms with Crippen LogP contribution in [0.5, 0.6) is 0 Å². The van der Waals surface area contributed by atoms with E-state index in [1.54, 1.807) is 24.5 Å². The molecule has 156 valence electrons. The average Bonchev–Trinajstić information content (AvgIpc) is 3.14. The Morgan fingerprint density at radius 2 is 1.77 bits per heavy atom. The zero-order valence-corrected chi connectivity index (χ0v) is 17.7. The van der Waals surface area contributed by atoms with Crippen molar-refractivity contribution in [1.29, 1.82) is 0 Å². The molecule has 0 unspecified atom stereocenters. The lowest BCUT2D eigenvalue weighted by molar-refractivity contribution is -0.119. The fourth-order valence-corrected chi connectivity index (χ4v) is 3.53. The van der Waals surface area contributed by atoms with Crippen LogP contribution in [0.4, 0.5) is 10.1 Å². The van der Waals surface area contributed by atoms with Crippen LogP contribution in [-0.4, -0.2) is 32.9 Å². The van der Waals surface area contributed by atoms with Crippen molar-refractivity contribution in [3.05, 3.63) is 83.2 Å². The molecule has 0 radical (unpaired) electrons. The molecule has 0 aliphatic heterocycles. The minimum Gasteiger partial charge on any atom is -0.341 e. The molecular formula is C21H20ClFN4O2S. The predicted octanol–water partition coefficient (Wildman–Crippen LogP) is 3.79. The molecule has 0 aliphatic carbocycles. The van der Waals surface area contributed by atoms with Gasteiger partial charge in [-0.05, 0) is 42.0 Å². The van der Waals surface area contributed by atoms with Gasteiger partial charge in [-0.3, -0.25) is 9.59 Å². The van der Waals surface area contributed by atoms with Gasteiger partial charge in [0.2, 0.25) is 11.8 Å². The number of nitrogens with one attached hydrogen (secondary N) is 2. The van der Waals surface area contributed by atoms with Gasteiger partial charge in [0.25, 0.3) is 0 Å². The number of benzene rings is 2. The summed E-state index contributed by atoms with van der Waals surface area (Å²) in [7, 11) is 1.85. The van der Waals surface area contributed by atoms with Gasteiger partial charge in [-0.25, -0.2) is 9.37 Å². The number of amides is 2. The van der Waals surface area contributed by atoms with E-state index in [0.29, 0.717) is 16.5 Å². The highest BCUT2D eigenvalue weighted by molar-refractivity contribution is 8.00. The van der Waals surface area contributed by atoms with Gasteiger partial charge in [-0.1, -0.05) is 23.7 Å². The molecule has 1 atom stereocenters. The van der Waals surface area contributed by atoms with Crippen LogP contribution in [0.25, 0.3) is 0 Å². The first-order valence-corrected chi connectivity index (χ1v) is 10.6. The first-order chi connectivity index (χ1) is 14.4. The maximum absolute atomic E-state index is 12.9. The lowest BCUT2D eigenvalue weighted by atomic mass is 10.1. The fraction of sp³-hybridized carbons (Fsp3) is 0.190. The Morgan fingerprint density at radius 3 is 2.40 bits per heavy atom. The summed E-state index contributed by atoms with van der Waals surface area (Å²) < 4.78 is 14.8. The normalized spacial score (nSPS) is 11.7. The smallest absolute Gasteiger partial charge is 0.234 e. The molecule has 0 saturated heterocycles. The van der Waals surface area contributed by atoms with Crippen LogP contribution in [0.3, 0.4) is 0 Å². The van der Waals surface area contributed by atoms with Crippen molar-refractivity contribution in [1.82, 2.24) is 14.9 Å². The van der Waals surface area contributed by atoms with E-state index in [2.05, 4.69) is 15.6 Å². The van der Waals surface area contributed by atoms with Crippen LogP contribution in [-0.2, 0) is 16.6 Å². The average molecular weight is 447 g/mol. The van der Waals surface area contributed by atoms with Crippen molar-refractivity contribution in [2.75, 3.05) is 16.8 Å². The van der Waals surface area contributed by atoms with Crippen molar-refractivity contribution in [3.8, 4) is 0 Å². The van der Waals surface area contributed by atoms with Crippen LogP contribution in [0.15, 0.2) is 60.9 Å². The lowest BCUT2D eigenvalue weighted by Crippen LogP contribution is -2.32. The summed E-state index contributed by atoms with van der Waals surface area (Å²) in [5.74, 6) is 0.0199. The first-order valence-electron chi connectivity index (χ1n) is 9.07. The van der Waals surface area contributed by atoms with Gasteiger partial charge in [0.1, 0.15) is 17.7 Å². The van der Waals surface area contributed by atoms with Crippen LogP contribution < -0.4 is 10.6 Å². The number of halogens is 2. The largest absolute Gasteiger partial charge is 0.341 e. The van der Waals surface area contributed by atoms with Crippen LogP contribution in [0, 0.1) is 5.82 Å². The number of nitrogens with zero attached hydrogens (tertiary/aromatic N) is 2. The zero-order chi connectivity index (χ0) is 21.5. The topological polar surface area (TPSA) is 76.0 Å². The van der Waals surface area contributed by atoms with E-state index in [0.717, 1.165) is 5.56 Å². The number of thioether (sulfide) groups is 1.